The molecule has 104 valence electrons. The van der Waals surface area contributed by atoms with Crippen molar-refractivity contribution in [3.8, 4) is 0 Å². The summed E-state index contributed by atoms with van der Waals surface area (Å²) in [7, 11) is 1.60. The highest BCUT2D eigenvalue weighted by molar-refractivity contribution is 8.43. The molecule has 0 aliphatic heterocycles. The molecule has 4 heteroatoms. The monoisotopic (exact) mass is 304 g/mol. The second kappa shape index (κ2) is 6.53. The van der Waals surface area contributed by atoms with Gasteiger partial charge in [0.25, 0.3) is 0 Å². The average molecular weight is 304 g/mol. The fourth-order valence-electron chi connectivity index (χ4n) is 2.08. The van der Waals surface area contributed by atoms with E-state index >= 15 is 0 Å². The lowest BCUT2D eigenvalue weighted by Gasteiger charge is -2.28. The van der Waals surface area contributed by atoms with Gasteiger partial charge in [0.2, 0.25) is 5.78 Å². The zero-order valence-corrected chi connectivity index (χ0v) is 13.3. The molecule has 0 aromatic heterocycles. The van der Waals surface area contributed by atoms with Crippen LogP contribution in [0, 0.1) is 6.92 Å². The Kier molecular flexibility index (Phi) is 4.98. The van der Waals surface area contributed by atoms with Crippen LogP contribution in [0.4, 0.5) is 0 Å². The van der Waals surface area contributed by atoms with Crippen LogP contribution in [0.5, 0.6) is 0 Å². The third-order valence-corrected chi connectivity index (χ3v) is 7.09. The van der Waals surface area contributed by atoms with E-state index in [9.17, 15) is 4.79 Å². The maximum absolute atomic E-state index is 12.5. The average Bonchev–Trinajstić information content (AvgIpc) is 2.48. The Morgan fingerprint density at radius 1 is 1.10 bits per heavy atom. The van der Waals surface area contributed by atoms with Crippen LogP contribution in [0.25, 0.3) is 0 Å². The summed E-state index contributed by atoms with van der Waals surface area (Å²) in [4.78, 5) is 12.5. The molecule has 0 fully saturated rings. The van der Waals surface area contributed by atoms with Gasteiger partial charge in [-0.1, -0.05) is 42.5 Å². The molecule has 0 saturated heterocycles. The molecule has 20 heavy (non-hydrogen) atoms. The normalized spacial score (nSPS) is 13.8. The van der Waals surface area contributed by atoms with Crippen LogP contribution in [0.2, 0.25) is 0 Å². The van der Waals surface area contributed by atoms with Gasteiger partial charge < -0.3 is 12.2 Å². The molecular formula is C16H17O2PS. The van der Waals surface area contributed by atoms with Crippen molar-refractivity contribution in [3.05, 3.63) is 65.7 Å². The Morgan fingerprint density at radius 2 is 1.70 bits per heavy atom. The van der Waals surface area contributed by atoms with Gasteiger partial charge in [-0.25, -0.2) is 0 Å². The standard InChI is InChI=1S/C16H17O2PS/c1-13-8-6-7-11-15(13)16(17)12-19(20,18-2)14-9-4-3-5-10-14/h3-11H,12H2,1-2H3. The van der Waals surface area contributed by atoms with Crippen molar-refractivity contribution in [2.24, 2.45) is 0 Å². The molecule has 0 bridgehead atoms. The molecule has 0 amide bonds. The van der Waals surface area contributed by atoms with Crippen LogP contribution in [-0.2, 0) is 16.8 Å². The fourth-order valence-corrected chi connectivity index (χ4v) is 4.49. The number of hydrogen-bond acceptors (Lipinski definition) is 3. The number of carbonyl (C=O) groups is 1. The number of Topliss-reactive ketones (excluding diaryl/α,β-unsaturated/α-hetero) is 1. The Hall–Kier alpha value is -1.15. The molecule has 0 saturated carbocycles. The predicted octanol–water partition coefficient (Wildman–Crippen LogP) is 3.54. The molecule has 2 aromatic rings. The van der Waals surface area contributed by atoms with Gasteiger partial charge in [0.15, 0.2) is 0 Å². The first-order valence-corrected chi connectivity index (χ1v) is 9.26. The summed E-state index contributed by atoms with van der Waals surface area (Å²) in [6.45, 7) is -0.374. The van der Waals surface area contributed by atoms with E-state index in [1.807, 2.05) is 61.5 Å². The third-order valence-electron chi connectivity index (χ3n) is 3.24. The van der Waals surface area contributed by atoms with Gasteiger partial charge in [0, 0.05) is 5.56 Å². The van der Waals surface area contributed by atoms with E-state index in [1.54, 1.807) is 7.11 Å². The smallest absolute Gasteiger partial charge is 0.201 e. The van der Waals surface area contributed by atoms with Crippen LogP contribution in [0.3, 0.4) is 0 Å². The molecular weight excluding hydrogens is 287 g/mol. The summed E-state index contributed by atoms with van der Waals surface area (Å²) in [5.41, 5.74) is 1.71. The number of rotatable bonds is 5. The molecule has 0 aliphatic carbocycles. The lowest BCUT2D eigenvalue weighted by atomic mass is 10.1. The summed E-state index contributed by atoms with van der Waals surface area (Å²) in [5.74, 6) is 0.0529. The lowest BCUT2D eigenvalue weighted by Crippen LogP contribution is -2.19. The van der Waals surface area contributed by atoms with Gasteiger partial charge in [-0.3, -0.25) is 9.32 Å². The first kappa shape index (κ1) is 15.2. The zero-order valence-electron chi connectivity index (χ0n) is 11.6. The van der Waals surface area contributed by atoms with Crippen molar-refractivity contribution in [1.29, 1.82) is 0 Å². The highest BCUT2D eigenvalue weighted by Crippen LogP contribution is 2.55. The first-order chi connectivity index (χ1) is 9.57. The summed E-state index contributed by atoms with van der Waals surface area (Å²) in [6.07, 6.45) is 0.258. The van der Waals surface area contributed by atoms with E-state index in [2.05, 4.69) is 0 Å². The van der Waals surface area contributed by atoms with Gasteiger partial charge in [-0.05, 0) is 24.6 Å². The molecule has 0 heterocycles. The van der Waals surface area contributed by atoms with Gasteiger partial charge in [0.1, 0.15) is 11.5 Å². The topological polar surface area (TPSA) is 26.3 Å². The minimum atomic E-state index is -2.31. The summed E-state index contributed by atoms with van der Waals surface area (Å²) < 4.78 is 5.56. The molecule has 0 radical (unpaired) electrons. The second-order valence-corrected chi connectivity index (χ2v) is 8.90. The second-order valence-electron chi connectivity index (χ2n) is 4.59. The van der Waals surface area contributed by atoms with E-state index in [1.165, 1.54) is 0 Å². The maximum Gasteiger partial charge on any atom is 0.201 e. The quantitative estimate of drug-likeness (QED) is 0.480. The minimum absolute atomic E-state index is 0.0529. The van der Waals surface area contributed by atoms with Crippen molar-refractivity contribution in [2.45, 2.75) is 6.92 Å². The van der Waals surface area contributed by atoms with E-state index < -0.39 is 6.69 Å². The van der Waals surface area contributed by atoms with E-state index in [4.69, 9.17) is 16.8 Å². The fraction of sp³-hybridized carbons (Fsp3) is 0.188. The zero-order chi connectivity index (χ0) is 14.6. The minimum Gasteiger partial charge on any atom is -0.519 e. The number of carbonyl (C=O) groups excluding carboxylic acids is 1. The van der Waals surface area contributed by atoms with Crippen LogP contribution in [0.15, 0.2) is 54.6 Å². The molecule has 0 aliphatic rings. The van der Waals surface area contributed by atoms with Crippen molar-refractivity contribution in [2.75, 3.05) is 13.3 Å². The number of benzene rings is 2. The summed E-state index contributed by atoms with van der Waals surface area (Å²) in [6, 6.07) is 17.2. The van der Waals surface area contributed by atoms with Crippen molar-refractivity contribution in [1.82, 2.24) is 0 Å². The number of hydrogen-bond donors (Lipinski definition) is 0. The van der Waals surface area contributed by atoms with Gasteiger partial charge >= 0.3 is 0 Å². The molecule has 1 atom stereocenters. The van der Waals surface area contributed by atoms with Crippen LogP contribution < -0.4 is 5.30 Å². The van der Waals surface area contributed by atoms with Gasteiger partial charge in [-0.15, -0.1) is 0 Å². The predicted molar refractivity (Wildman–Crippen MR) is 87.7 cm³/mol. The van der Waals surface area contributed by atoms with Crippen LogP contribution >= 0.6 is 6.69 Å². The molecule has 0 spiro atoms. The Balaban J connectivity index is 2.27. The molecule has 0 N–H and O–H groups in total. The largest absolute Gasteiger partial charge is 0.519 e. The highest BCUT2D eigenvalue weighted by Gasteiger charge is 2.31. The van der Waals surface area contributed by atoms with Gasteiger partial charge in [-0.2, -0.15) is 0 Å². The maximum atomic E-state index is 12.5. The highest BCUT2D eigenvalue weighted by atomic mass is 32.7. The molecule has 1 unspecified atom stereocenters. The van der Waals surface area contributed by atoms with Crippen LogP contribution in [-0.4, -0.2) is 19.1 Å². The summed E-state index contributed by atoms with van der Waals surface area (Å²) >= 11 is 5.66. The molecule has 2 aromatic carbocycles. The lowest BCUT2D eigenvalue weighted by molar-refractivity contribution is 0.101. The van der Waals surface area contributed by atoms with Crippen molar-refractivity contribution < 1.29 is 9.32 Å². The Bertz CT molecular complexity index is 600. The van der Waals surface area contributed by atoms with E-state index in [-0.39, 0.29) is 11.9 Å². The summed E-state index contributed by atoms with van der Waals surface area (Å²) in [5, 5.41) is 0.944. The molecule has 2 nitrogen and oxygen atoms in total. The molecule has 2 rings (SSSR count). The number of aryl methyl sites for hydroxylation is 1. The van der Waals surface area contributed by atoms with E-state index in [0.29, 0.717) is 0 Å². The third kappa shape index (κ3) is 3.29. The Labute approximate surface area is 125 Å². The van der Waals surface area contributed by atoms with Crippen molar-refractivity contribution >= 4 is 30.0 Å². The SMILES string of the molecule is CO[P+]([S-])(CC(=O)c1ccccc1C)c1ccccc1. The number of ketones is 1. The van der Waals surface area contributed by atoms with E-state index in [0.717, 1.165) is 16.4 Å². The van der Waals surface area contributed by atoms with Crippen molar-refractivity contribution in [3.63, 3.8) is 0 Å². The van der Waals surface area contributed by atoms with Crippen LogP contribution in [0.1, 0.15) is 15.9 Å². The van der Waals surface area contributed by atoms with Gasteiger partial charge in [0.05, 0.1) is 13.8 Å². The first-order valence-electron chi connectivity index (χ1n) is 6.36. The Morgan fingerprint density at radius 3 is 2.30 bits per heavy atom.